The van der Waals surface area contributed by atoms with Crippen LogP contribution < -0.4 is 15.1 Å². The molecular formula is C33H36FN5O6. The van der Waals surface area contributed by atoms with Gasteiger partial charge in [-0.05, 0) is 43.3 Å². The third-order valence-corrected chi connectivity index (χ3v) is 8.35. The molecule has 1 aliphatic carbocycles. The van der Waals surface area contributed by atoms with E-state index in [1.807, 2.05) is 41.3 Å². The van der Waals surface area contributed by atoms with Crippen LogP contribution in [-0.4, -0.2) is 76.7 Å². The van der Waals surface area contributed by atoms with Crippen LogP contribution in [0.3, 0.4) is 0 Å². The fourth-order valence-corrected chi connectivity index (χ4v) is 5.95. The first-order chi connectivity index (χ1) is 21.7. The van der Waals surface area contributed by atoms with Gasteiger partial charge in [-0.25, -0.2) is 9.18 Å². The second-order valence-corrected chi connectivity index (χ2v) is 10.8. The van der Waals surface area contributed by atoms with E-state index in [9.17, 15) is 24.8 Å². The lowest BCUT2D eigenvalue weighted by Gasteiger charge is -2.38. The highest BCUT2D eigenvalue weighted by molar-refractivity contribution is 5.97. The van der Waals surface area contributed by atoms with Crippen molar-refractivity contribution in [2.45, 2.75) is 26.8 Å². The number of aromatic nitrogens is 1. The molecule has 2 aromatic carbocycles. The molecule has 11 nitrogen and oxygen atoms in total. The molecule has 2 aliphatic rings. The van der Waals surface area contributed by atoms with Crippen LogP contribution >= 0.6 is 0 Å². The lowest BCUT2D eigenvalue weighted by Crippen LogP contribution is -2.47. The number of benzene rings is 2. The highest BCUT2D eigenvalue weighted by Gasteiger charge is 2.31. The van der Waals surface area contributed by atoms with Crippen molar-refractivity contribution in [2.75, 3.05) is 51.3 Å². The van der Waals surface area contributed by atoms with Crippen molar-refractivity contribution in [3.05, 3.63) is 110 Å². The number of hydrogen-bond acceptors (Lipinski definition) is 8. The minimum absolute atomic E-state index is 0.00744. The Balaban J connectivity index is 1.57. The molecule has 0 atom stereocenters. The van der Waals surface area contributed by atoms with E-state index in [0.717, 1.165) is 31.3 Å². The van der Waals surface area contributed by atoms with Gasteiger partial charge >= 0.3 is 5.97 Å². The van der Waals surface area contributed by atoms with E-state index in [2.05, 4.69) is 18.7 Å². The number of hydrogen-bond donors (Lipinski definition) is 1. The van der Waals surface area contributed by atoms with Crippen molar-refractivity contribution in [2.24, 2.45) is 0 Å². The molecule has 0 unspecified atom stereocenters. The standard InChI is InChI=1S/C33H36FN5O6/c1-4-35(5-2)20-22-11-13-23(14-12-22)38-21-25(33(41)42)31(40)24-19-26(34)30(32(45-3)29(24)38)37-17-15-36(16-18-37)27-9-7-6-8-10-28(27)39(43)44/h6,8-14,19,21H,4-5,7,15-18,20H2,1-3H3,(H,41,42). The van der Waals surface area contributed by atoms with Crippen LogP contribution in [0.1, 0.15) is 36.2 Å². The maximum Gasteiger partial charge on any atom is 0.341 e. The fraction of sp³-hybridized carbons (Fsp3) is 0.333. The van der Waals surface area contributed by atoms with Gasteiger partial charge in [0.05, 0.1) is 17.4 Å². The summed E-state index contributed by atoms with van der Waals surface area (Å²) in [5.74, 6) is -2.04. The van der Waals surface area contributed by atoms with Gasteiger partial charge in [0, 0.05) is 50.7 Å². The molecule has 1 aromatic heterocycles. The van der Waals surface area contributed by atoms with Crippen molar-refractivity contribution in [3.8, 4) is 11.4 Å². The number of nitro groups is 1. The Hall–Kier alpha value is -4.97. The van der Waals surface area contributed by atoms with Crippen LogP contribution in [0.2, 0.25) is 0 Å². The Kier molecular flexibility index (Phi) is 9.33. The lowest BCUT2D eigenvalue weighted by molar-refractivity contribution is -0.422. The normalized spacial score (nSPS) is 15.2. The fourth-order valence-electron chi connectivity index (χ4n) is 5.95. The minimum atomic E-state index is -1.42. The Morgan fingerprint density at radius 2 is 1.78 bits per heavy atom. The number of nitrogens with zero attached hydrogens (tertiary/aromatic N) is 5. The number of carboxylic acid groups (broad SMARTS) is 1. The Morgan fingerprint density at radius 1 is 1.11 bits per heavy atom. The van der Waals surface area contributed by atoms with E-state index in [0.29, 0.717) is 44.0 Å². The summed E-state index contributed by atoms with van der Waals surface area (Å²) in [5, 5.41) is 21.5. The summed E-state index contributed by atoms with van der Waals surface area (Å²) in [6, 6.07) is 8.64. The molecule has 0 radical (unpaired) electrons. The summed E-state index contributed by atoms with van der Waals surface area (Å²) in [7, 11) is 1.39. The molecule has 3 aromatic rings. The highest BCUT2D eigenvalue weighted by Crippen LogP contribution is 2.40. The van der Waals surface area contributed by atoms with Gasteiger partial charge in [0.1, 0.15) is 22.5 Å². The molecule has 45 heavy (non-hydrogen) atoms. The summed E-state index contributed by atoms with van der Waals surface area (Å²) >= 11 is 0. The van der Waals surface area contributed by atoms with Crippen LogP contribution in [0.25, 0.3) is 16.6 Å². The lowest BCUT2D eigenvalue weighted by atomic mass is 10.1. The van der Waals surface area contributed by atoms with Gasteiger partial charge in [-0.1, -0.05) is 44.2 Å². The molecule has 0 spiro atoms. The Labute approximate surface area is 259 Å². The van der Waals surface area contributed by atoms with Crippen LogP contribution in [-0.2, 0) is 6.54 Å². The molecule has 1 aliphatic heterocycles. The van der Waals surface area contributed by atoms with Crippen LogP contribution in [0.4, 0.5) is 10.1 Å². The number of halogens is 1. The van der Waals surface area contributed by atoms with Gasteiger partial charge < -0.3 is 24.2 Å². The number of fused-ring (bicyclic) bond motifs is 1. The monoisotopic (exact) mass is 617 g/mol. The predicted octanol–water partition coefficient (Wildman–Crippen LogP) is 4.80. The van der Waals surface area contributed by atoms with Gasteiger partial charge in [-0.2, -0.15) is 0 Å². The molecule has 1 N–H and O–H groups in total. The average molecular weight is 618 g/mol. The number of aromatic carboxylic acids is 1. The molecule has 0 bridgehead atoms. The number of carboxylic acids is 1. The predicted molar refractivity (Wildman–Crippen MR) is 170 cm³/mol. The second kappa shape index (κ2) is 13.3. The quantitative estimate of drug-likeness (QED) is 0.253. The summed E-state index contributed by atoms with van der Waals surface area (Å²) in [5.41, 5.74) is 1.27. The summed E-state index contributed by atoms with van der Waals surface area (Å²) < 4.78 is 23.3. The Morgan fingerprint density at radius 3 is 2.38 bits per heavy atom. The third-order valence-electron chi connectivity index (χ3n) is 8.35. The number of carbonyl (C=O) groups is 1. The number of pyridine rings is 1. The summed E-state index contributed by atoms with van der Waals surface area (Å²) in [4.78, 5) is 42.7. The maximum atomic E-state index is 16.0. The van der Waals surface area contributed by atoms with E-state index < -0.39 is 27.7 Å². The molecule has 12 heteroatoms. The van der Waals surface area contributed by atoms with Crippen LogP contribution in [0, 0.1) is 15.9 Å². The topological polar surface area (TPSA) is 121 Å². The number of rotatable bonds is 10. The average Bonchev–Trinajstić information content (AvgIpc) is 3.30. The highest BCUT2D eigenvalue weighted by atomic mass is 19.1. The van der Waals surface area contributed by atoms with Gasteiger partial charge in [0.25, 0.3) is 5.70 Å². The van der Waals surface area contributed by atoms with Crippen molar-refractivity contribution in [1.29, 1.82) is 0 Å². The molecule has 0 saturated carbocycles. The number of piperazine rings is 1. The number of ether oxygens (including phenoxy) is 1. The SMILES string of the molecule is CCN(CC)Cc1ccc(-n2cc(C(=O)O)c(=O)c3cc(F)c(N4CCN(C5=CCC=CC=C5[N+](=O)[O-])CC4)c(OC)c32)cc1. The third kappa shape index (κ3) is 6.18. The summed E-state index contributed by atoms with van der Waals surface area (Å²) in [6.45, 7) is 8.14. The van der Waals surface area contributed by atoms with E-state index in [1.54, 1.807) is 15.5 Å². The van der Waals surface area contributed by atoms with Gasteiger partial charge in [0.15, 0.2) is 11.6 Å². The van der Waals surface area contributed by atoms with Crippen molar-refractivity contribution in [1.82, 2.24) is 14.4 Å². The number of allylic oxidation sites excluding steroid dienone is 4. The zero-order chi connectivity index (χ0) is 32.2. The first-order valence-corrected chi connectivity index (χ1v) is 14.9. The maximum absolute atomic E-state index is 16.0. The van der Waals surface area contributed by atoms with E-state index in [1.165, 1.54) is 19.4 Å². The van der Waals surface area contributed by atoms with Gasteiger partial charge in [-0.3, -0.25) is 19.8 Å². The summed E-state index contributed by atoms with van der Waals surface area (Å²) in [6.07, 6.45) is 8.63. The second-order valence-electron chi connectivity index (χ2n) is 10.8. The molecular weight excluding hydrogens is 581 g/mol. The number of methoxy groups -OCH3 is 1. The molecule has 1 fully saturated rings. The molecule has 0 amide bonds. The van der Waals surface area contributed by atoms with Gasteiger partial charge in [-0.15, -0.1) is 0 Å². The largest absolute Gasteiger partial charge is 0.492 e. The smallest absolute Gasteiger partial charge is 0.341 e. The van der Waals surface area contributed by atoms with Crippen molar-refractivity contribution in [3.63, 3.8) is 0 Å². The first kappa shape index (κ1) is 31.5. The molecule has 5 rings (SSSR count). The van der Waals surface area contributed by atoms with Crippen LogP contribution in [0.5, 0.6) is 5.75 Å². The minimum Gasteiger partial charge on any atom is -0.492 e. The van der Waals surface area contributed by atoms with E-state index in [-0.39, 0.29) is 28.0 Å². The van der Waals surface area contributed by atoms with Crippen molar-refractivity contribution >= 4 is 22.6 Å². The van der Waals surface area contributed by atoms with Crippen LogP contribution in [0.15, 0.2) is 77.0 Å². The molecule has 2 heterocycles. The zero-order valence-electron chi connectivity index (χ0n) is 25.5. The number of anilines is 1. The Bertz CT molecular complexity index is 1770. The molecule has 236 valence electrons. The van der Waals surface area contributed by atoms with E-state index >= 15 is 4.39 Å². The first-order valence-electron chi connectivity index (χ1n) is 14.9. The zero-order valence-corrected chi connectivity index (χ0v) is 25.5. The molecule has 1 saturated heterocycles. The van der Waals surface area contributed by atoms with Gasteiger partial charge in [0.2, 0.25) is 5.43 Å². The van der Waals surface area contributed by atoms with Crippen molar-refractivity contribution < 1.29 is 24.0 Å². The van der Waals surface area contributed by atoms with E-state index in [4.69, 9.17) is 4.74 Å².